The fourth-order valence-corrected chi connectivity index (χ4v) is 2.63. The molecule has 2 rings (SSSR count). The molecule has 6 nitrogen and oxygen atoms in total. The van der Waals surface area contributed by atoms with E-state index in [0.717, 1.165) is 19.6 Å². The molecule has 1 saturated heterocycles. The van der Waals surface area contributed by atoms with Gasteiger partial charge in [-0.3, -0.25) is 4.90 Å². The Morgan fingerprint density at radius 3 is 2.83 bits per heavy atom. The van der Waals surface area contributed by atoms with E-state index in [0.29, 0.717) is 24.5 Å². The van der Waals surface area contributed by atoms with E-state index in [1.165, 1.54) is 0 Å². The minimum Gasteiger partial charge on any atom is -0.491 e. The number of β-amino-alcohol motifs (C(OH)–C–C–N with tert-alkyl or cyclic N) is 1. The summed E-state index contributed by atoms with van der Waals surface area (Å²) in [5.41, 5.74) is 0.596. The maximum Gasteiger partial charge on any atom is 0.119 e. The van der Waals surface area contributed by atoms with Crippen molar-refractivity contribution in [2.24, 2.45) is 0 Å². The zero-order valence-corrected chi connectivity index (χ0v) is 13.8. The van der Waals surface area contributed by atoms with E-state index in [4.69, 9.17) is 14.7 Å². The first kappa shape index (κ1) is 17.7. The molecule has 2 atom stereocenters. The first-order valence-corrected chi connectivity index (χ1v) is 7.86. The Kier molecular flexibility index (Phi) is 6.81. The molecule has 23 heavy (non-hydrogen) atoms. The zero-order chi connectivity index (χ0) is 16.7. The van der Waals surface area contributed by atoms with Crippen LogP contribution in [0.3, 0.4) is 0 Å². The molecule has 0 amide bonds. The number of aliphatic hydroxyl groups is 1. The molecule has 1 aliphatic rings. The van der Waals surface area contributed by atoms with Crippen molar-refractivity contribution in [1.82, 2.24) is 9.80 Å². The first-order valence-electron chi connectivity index (χ1n) is 7.86. The van der Waals surface area contributed by atoms with Gasteiger partial charge in [0.25, 0.3) is 0 Å². The van der Waals surface area contributed by atoms with Gasteiger partial charge in [-0.1, -0.05) is 0 Å². The van der Waals surface area contributed by atoms with E-state index in [1.54, 1.807) is 24.3 Å². The van der Waals surface area contributed by atoms with Crippen molar-refractivity contribution in [3.8, 4) is 11.8 Å². The maximum atomic E-state index is 10.2. The minimum atomic E-state index is -0.552. The molecule has 0 unspecified atom stereocenters. The van der Waals surface area contributed by atoms with E-state index in [9.17, 15) is 5.11 Å². The van der Waals surface area contributed by atoms with Gasteiger partial charge in [0, 0.05) is 26.2 Å². The smallest absolute Gasteiger partial charge is 0.119 e. The van der Waals surface area contributed by atoms with Crippen molar-refractivity contribution >= 4 is 0 Å². The van der Waals surface area contributed by atoms with E-state index in [-0.39, 0.29) is 12.7 Å². The average molecular weight is 319 g/mol. The highest BCUT2D eigenvalue weighted by Gasteiger charge is 2.22. The highest BCUT2D eigenvalue weighted by molar-refractivity contribution is 5.34. The van der Waals surface area contributed by atoms with E-state index >= 15 is 0 Å². The van der Waals surface area contributed by atoms with Crippen LogP contribution in [0.4, 0.5) is 0 Å². The van der Waals surface area contributed by atoms with Crippen LogP contribution in [0.2, 0.25) is 0 Å². The monoisotopic (exact) mass is 319 g/mol. The third-order valence-corrected chi connectivity index (χ3v) is 3.69. The Labute approximate surface area is 137 Å². The summed E-state index contributed by atoms with van der Waals surface area (Å²) in [6.07, 6.45) is -0.367. The summed E-state index contributed by atoms with van der Waals surface area (Å²) >= 11 is 0. The summed E-state index contributed by atoms with van der Waals surface area (Å²) in [6.45, 7) is 4.05. The van der Waals surface area contributed by atoms with Crippen molar-refractivity contribution in [3.63, 3.8) is 0 Å². The van der Waals surface area contributed by atoms with Gasteiger partial charge in [-0.25, -0.2) is 0 Å². The van der Waals surface area contributed by atoms with Gasteiger partial charge in [0.2, 0.25) is 0 Å². The molecular weight excluding hydrogens is 294 g/mol. The lowest BCUT2D eigenvalue weighted by molar-refractivity contribution is -0.0519. The van der Waals surface area contributed by atoms with Crippen molar-refractivity contribution in [3.05, 3.63) is 29.8 Å². The fraction of sp³-hybridized carbons (Fsp3) is 0.588. The molecule has 0 aromatic heterocycles. The number of rotatable bonds is 7. The molecule has 0 aliphatic carbocycles. The molecule has 1 aromatic carbocycles. The van der Waals surface area contributed by atoms with Crippen LogP contribution >= 0.6 is 0 Å². The van der Waals surface area contributed by atoms with Crippen molar-refractivity contribution in [2.45, 2.75) is 12.2 Å². The summed E-state index contributed by atoms with van der Waals surface area (Å²) in [5.74, 6) is 0.663. The third kappa shape index (κ3) is 6.16. The lowest BCUT2D eigenvalue weighted by Crippen LogP contribution is -2.49. The van der Waals surface area contributed by atoms with Gasteiger partial charge in [-0.05, 0) is 38.4 Å². The second-order valence-corrected chi connectivity index (χ2v) is 6.12. The molecule has 6 heteroatoms. The molecule has 1 heterocycles. The van der Waals surface area contributed by atoms with Crippen LogP contribution in [0.1, 0.15) is 5.56 Å². The largest absolute Gasteiger partial charge is 0.491 e. The Balaban J connectivity index is 1.73. The van der Waals surface area contributed by atoms with Crippen LogP contribution in [0.15, 0.2) is 24.3 Å². The van der Waals surface area contributed by atoms with E-state index in [1.807, 2.05) is 14.1 Å². The van der Waals surface area contributed by atoms with Crippen LogP contribution in [-0.2, 0) is 4.74 Å². The molecule has 0 bridgehead atoms. The summed E-state index contributed by atoms with van der Waals surface area (Å²) in [5, 5.41) is 18.9. The number of nitrogens with zero attached hydrogens (tertiary/aromatic N) is 3. The van der Waals surface area contributed by atoms with Crippen LogP contribution < -0.4 is 4.74 Å². The minimum absolute atomic E-state index is 0.186. The highest BCUT2D eigenvalue weighted by atomic mass is 16.5. The Hall–Kier alpha value is -1.65. The number of hydrogen-bond donors (Lipinski definition) is 1. The molecule has 0 spiro atoms. The third-order valence-electron chi connectivity index (χ3n) is 3.69. The van der Waals surface area contributed by atoms with Crippen LogP contribution in [0, 0.1) is 11.3 Å². The maximum absolute atomic E-state index is 10.2. The molecule has 1 fully saturated rings. The standard InChI is InChI=1S/C17H25N3O3/c1-19(2)11-17-12-20(7-8-22-17)10-15(21)13-23-16-5-3-14(9-18)4-6-16/h3-6,15,17,21H,7-8,10-13H2,1-2H3/t15-,17-/m0/s1. The van der Waals surface area contributed by atoms with Gasteiger partial charge in [-0.15, -0.1) is 0 Å². The molecular formula is C17H25N3O3. The van der Waals surface area contributed by atoms with Gasteiger partial charge in [0.15, 0.2) is 0 Å². The number of benzene rings is 1. The topological polar surface area (TPSA) is 69.0 Å². The summed E-state index contributed by atoms with van der Waals surface area (Å²) in [4.78, 5) is 4.32. The van der Waals surface area contributed by atoms with Gasteiger partial charge < -0.3 is 19.5 Å². The second-order valence-electron chi connectivity index (χ2n) is 6.12. The molecule has 126 valence electrons. The lowest BCUT2D eigenvalue weighted by atomic mass is 10.2. The van der Waals surface area contributed by atoms with Crippen molar-refractivity contribution < 1.29 is 14.6 Å². The zero-order valence-electron chi connectivity index (χ0n) is 13.8. The summed E-state index contributed by atoms with van der Waals surface area (Å²) < 4.78 is 11.3. The highest BCUT2D eigenvalue weighted by Crippen LogP contribution is 2.12. The molecule has 1 aliphatic heterocycles. The number of hydrogen-bond acceptors (Lipinski definition) is 6. The van der Waals surface area contributed by atoms with Gasteiger partial charge in [0.1, 0.15) is 18.5 Å². The Morgan fingerprint density at radius 1 is 1.43 bits per heavy atom. The number of nitriles is 1. The quantitative estimate of drug-likeness (QED) is 0.792. The lowest BCUT2D eigenvalue weighted by Gasteiger charge is -2.35. The normalized spacial score (nSPS) is 20.2. The van der Waals surface area contributed by atoms with E-state index < -0.39 is 6.10 Å². The van der Waals surface area contributed by atoms with E-state index in [2.05, 4.69) is 15.9 Å². The number of aliphatic hydroxyl groups excluding tert-OH is 1. The van der Waals surface area contributed by atoms with Crippen molar-refractivity contribution in [1.29, 1.82) is 5.26 Å². The number of ether oxygens (including phenoxy) is 2. The molecule has 1 N–H and O–H groups in total. The first-order chi connectivity index (χ1) is 11.1. The number of morpholine rings is 1. The molecule has 0 radical (unpaired) electrons. The van der Waals surface area contributed by atoms with Crippen molar-refractivity contribution in [2.75, 3.05) is 53.5 Å². The number of likely N-dealkylation sites (N-methyl/N-ethyl adjacent to an activating group) is 1. The predicted molar refractivity (Wildman–Crippen MR) is 87.4 cm³/mol. The van der Waals surface area contributed by atoms with Crippen LogP contribution in [0.25, 0.3) is 0 Å². The summed E-state index contributed by atoms with van der Waals surface area (Å²) in [6, 6.07) is 8.96. The van der Waals surface area contributed by atoms with Crippen LogP contribution in [-0.4, -0.2) is 80.6 Å². The van der Waals surface area contributed by atoms with Gasteiger partial charge >= 0.3 is 0 Å². The predicted octanol–water partition coefficient (Wildman–Crippen LogP) is 0.560. The molecule has 1 aromatic rings. The average Bonchev–Trinajstić information content (AvgIpc) is 2.53. The SMILES string of the molecule is CN(C)C[C@H]1CN(C[C@H](O)COc2ccc(C#N)cc2)CCO1. The Bertz CT molecular complexity index is 513. The fourth-order valence-electron chi connectivity index (χ4n) is 2.63. The molecule has 0 saturated carbocycles. The van der Waals surface area contributed by atoms with Crippen LogP contribution in [0.5, 0.6) is 5.75 Å². The second kappa shape index (κ2) is 8.85. The van der Waals surface area contributed by atoms with Gasteiger partial charge in [0.05, 0.1) is 24.3 Å². The summed E-state index contributed by atoms with van der Waals surface area (Å²) in [7, 11) is 4.06. The van der Waals surface area contributed by atoms with Gasteiger partial charge in [-0.2, -0.15) is 5.26 Å². The Morgan fingerprint density at radius 2 is 2.17 bits per heavy atom.